The van der Waals surface area contributed by atoms with Crippen LogP contribution in [0.5, 0.6) is 5.75 Å². The van der Waals surface area contributed by atoms with Gasteiger partial charge in [-0.15, -0.1) is 13.2 Å². The van der Waals surface area contributed by atoms with Crippen LogP contribution in [0.3, 0.4) is 0 Å². The van der Waals surface area contributed by atoms with E-state index in [0.29, 0.717) is 6.42 Å². The van der Waals surface area contributed by atoms with Crippen LogP contribution in [0.25, 0.3) is 0 Å². The van der Waals surface area contributed by atoms with E-state index in [4.69, 9.17) is 5.11 Å². The molecule has 0 radical (unpaired) electrons. The van der Waals surface area contributed by atoms with Crippen molar-refractivity contribution in [3.63, 3.8) is 0 Å². The molecule has 0 aliphatic carbocycles. The standard InChI is InChI=1S/C15H18F3NO4/c1-19(10-4-7-14(21)22)13(20)9-8-11-5-2-3-6-12(11)23-15(16,17)18/h2-3,5-6H,4,7-10H2,1H3,(H,21,22). The first-order chi connectivity index (χ1) is 10.7. The number of hydrogen-bond acceptors (Lipinski definition) is 3. The van der Waals surface area contributed by atoms with Gasteiger partial charge in [0.25, 0.3) is 0 Å². The second-order valence-electron chi connectivity index (χ2n) is 4.97. The van der Waals surface area contributed by atoms with Gasteiger partial charge in [-0.05, 0) is 24.5 Å². The first kappa shape index (κ1) is 18.8. The first-order valence-electron chi connectivity index (χ1n) is 6.98. The second-order valence-corrected chi connectivity index (χ2v) is 4.97. The summed E-state index contributed by atoms with van der Waals surface area (Å²) in [5.74, 6) is -1.53. The van der Waals surface area contributed by atoms with E-state index in [1.807, 2.05) is 0 Å². The molecule has 23 heavy (non-hydrogen) atoms. The molecule has 1 rings (SSSR count). The minimum atomic E-state index is -4.78. The first-order valence-corrected chi connectivity index (χ1v) is 6.98. The smallest absolute Gasteiger partial charge is 0.481 e. The molecule has 8 heteroatoms. The molecule has 0 fully saturated rings. The number of aryl methyl sites for hydroxylation is 1. The van der Waals surface area contributed by atoms with Crippen LogP contribution in [0.1, 0.15) is 24.8 Å². The molecule has 128 valence electrons. The van der Waals surface area contributed by atoms with E-state index < -0.39 is 12.3 Å². The summed E-state index contributed by atoms with van der Waals surface area (Å²) in [6.45, 7) is 0.284. The summed E-state index contributed by atoms with van der Waals surface area (Å²) >= 11 is 0. The fraction of sp³-hybridized carbons (Fsp3) is 0.467. The lowest BCUT2D eigenvalue weighted by atomic mass is 10.1. The SMILES string of the molecule is CN(CCCC(=O)O)C(=O)CCc1ccccc1OC(F)(F)F. The average Bonchev–Trinajstić information content (AvgIpc) is 2.43. The Balaban J connectivity index is 2.54. The monoisotopic (exact) mass is 333 g/mol. The molecule has 5 nitrogen and oxygen atoms in total. The molecule has 0 heterocycles. The number of amides is 1. The summed E-state index contributed by atoms with van der Waals surface area (Å²) in [7, 11) is 1.53. The highest BCUT2D eigenvalue weighted by atomic mass is 19.4. The predicted molar refractivity (Wildman–Crippen MR) is 76.0 cm³/mol. The lowest BCUT2D eigenvalue weighted by molar-refractivity contribution is -0.274. The Morgan fingerprint density at radius 1 is 1.22 bits per heavy atom. The van der Waals surface area contributed by atoms with Gasteiger partial charge in [0.1, 0.15) is 5.75 Å². The molecule has 0 unspecified atom stereocenters. The maximum Gasteiger partial charge on any atom is 0.573 e. The molecular weight excluding hydrogens is 315 g/mol. The Labute approximate surface area is 131 Å². The van der Waals surface area contributed by atoms with Gasteiger partial charge in [-0.25, -0.2) is 0 Å². The van der Waals surface area contributed by atoms with Gasteiger partial charge in [-0.1, -0.05) is 18.2 Å². The number of carbonyl (C=O) groups is 2. The van der Waals surface area contributed by atoms with Crippen LogP contribution in [0.2, 0.25) is 0 Å². The summed E-state index contributed by atoms with van der Waals surface area (Å²) in [6.07, 6.45) is -4.38. The molecule has 0 aliphatic rings. The molecule has 1 aromatic rings. The van der Waals surface area contributed by atoms with Gasteiger partial charge in [0.05, 0.1) is 0 Å². The third-order valence-electron chi connectivity index (χ3n) is 3.12. The third-order valence-corrected chi connectivity index (χ3v) is 3.12. The third kappa shape index (κ3) is 7.53. The number of carboxylic acid groups (broad SMARTS) is 1. The number of rotatable bonds is 8. The van der Waals surface area contributed by atoms with E-state index in [0.717, 1.165) is 0 Å². The lowest BCUT2D eigenvalue weighted by Crippen LogP contribution is -2.28. The molecule has 1 aromatic carbocycles. The van der Waals surface area contributed by atoms with Gasteiger partial charge in [0.15, 0.2) is 0 Å². The van der Waals surface area contributed by atoms with Gasteiger partial charge in [0, 0.05) is 26.4 Å². The number of carbonyl (C=O) groups excluding carboxylic acids is 1. The zero-order valence-corrected chi connectivity index (χ0v) is 12.6. The highest BCUT2D eigenvalue weighted by Crippen LogP contribution is 2.27. The minimum Gasteiger partial charge on any atom is -0.481 e. The van der Waals surface area contributed by atoms with Crippen LogP contribution in [0.15, 0.2) is 24.3 Å². The fourth-order valence-corrected chi connectivity index (χ4v) is 1.96. The molecule has 0 saturated carbocycles. The van der Waals surface area contributed by atoms with Crippen molar-refractivity contribution in [2.75, 3.05) is 13.6 Å². The van der Waals surface area contributed by atoms with Gasteiger partial charge < -0.3 is 14.7 Å². The number of alkyl halides is 3. The van der Waals surface area contributed by atoms with Crippen molar-refractivity contribution in [3.05, 3.63) is 29.8 Å². The molecule has 1 N–H and O–H groups in total. The van der Waals surface area contributed by atoms with Gasteiger partial charge >= 0.3 is 12.3 Å². The Kier molecular flexibility index (Phi) is 6.87. The van der Waals surface area contributed by atoms with E-state index in [9.17, 15) is 22.8 Å². The van der Waals surface area contributed by atoms with Gasteiger partial charge in [-0.2, -0.15) is 0 Å². The summed E-state index contributed by atoms with van der Waals surface area (Å²) in [5.41, 5.74) is 0.289. The summed E-state index contributed by atoms with van der Waals surface area (Å²) in [6, 6.07) is 5.66. The molecular formula is C15H18F3NO4. The molecule has 1 amide bonds. The Bertz CT molecular complexity index is 546. The van der Waals surface area contributed by atoms with Crippen molar-refractivity contribution >= 4 is 11.9 Å². The highest BCUT2D eigenvalue weighted by Gasteiger charge is 2.32. The zero-order valence-electron chi connectivity index (χ0n) is 12.6. The van der Waals surface area contributed by atoms with E-state index in [1.54, 1.807) is 6.07 Å². The van der Waals surface area contributed by atoms with E-state index in [2.05, 4.69) is 4.74 Å². The number of benzene rings is 1. The van der Waals surface area contributed by atoms with Crippen LogP contribution in [0.4, 0.5) is 13.2 Å². The Morgan fingerprint density at radius 3 is 2.48 bits per heavy atom. The zero-order chi connectivity index (χ0) is 17.5. The number of para-hydroxylation sites is 1. The number of hydrogen-bond donors (Lipinski definition) is 1. The fourth-order valence-electron chi connectivity index (χ4n) is 1.96. The van der Waals surface area contributed by atoms with Crippen LogP contribution < -0.4 is 4.74 Å². The summed E-state index contributed by atoms with van der Waals surface area (Å²) < 4.78 is 40.8. The predicted octanol–water partition coefficient (Wildman–Crippen LogP) is 2.84. The van der Waals surface area contributed by atoms with Crippen molar-refractivity contribution < 1.29 is 32.6 Å². The summed E-state index contributed by atoms with van der Waals surface area (Å²) in [5, 5.41) is 8.53. The van der Waals surface area contributed by atoms with E-state index in [-0.39, 0.29) is 43.0 Å². The maximum atomic E-state index is 12.3. The number of aliphatic carboxylic acids is 1. The Hall–Kier alpha value is -2.25. The summed E-state index contributed by atoms with van der Waals surface area (Å²) in [4.78, 5) is 23.7. The molecule has 0 spiro atoms. The van der Waals surface area contributed by atoms with Crippen LogP contribution in [-0.2, 0) is 16.0 Å². The second kappa shape index (κ2) is 8.40. The van der Waals surface area contributed by atoms with Crippen molar-refractivity contribution in [2.45, 2.75) is 32.0 Å². The van der Waals surface area contributed by atoms with E-state index >= 15 is 0 Å². The van der Waals surface area contributed by atoms with Crippen LogP contribution >= 0.6 is 0 Å². The minimum absolute atomic E-state index is 0.0157. The number of halogens is 3. The topological polar surface area (TPSA) is 66.8 Å². The molecule has 0 bridgehead atoms. The Morgan fingerprint density at radius 2 is 1.87 bits per heavy atom. The quantitative estimate of drug-likeness (QED) is 0.794. The van der Waals surface area contributed by atoms with Crippen molar-refractivity contribution in [1.29, 1.82) is 0 Å². The van der Waals surface area contributed by atoms with E-state index in [1.165, 1.54) is 30.1 Å². The molecule has 0 atom stereocenters. The van der Waals surface area contributed by atoms with Crippen molar-refractivity contribution in [3.8, 4) is 5.75 Å². The average molecular weight is 333 g/mol. The normalized spacial score (nSPS) is 11.1. The largest absolute Gasteiger partial charge is 0.573 e. The van der Waals surface area contributed by atoms with Gasteiger partial charge in [0.2, 0.25) is 5.91 Å². The highest BCUT2D eigenvalue weighted by molar-refractivity contribution is 5.76. The number of nitrogens with zero attached hydrogens (tertiary/aromatic N) is 1. The maximum absolute atomic E-state index is 12.3. The number of carboxylic acids is 1. The van der Waals surface area contributed by atoms with Crippen molar-refractivity contribution in [2.24, 2.45) is 0 Å². The molecule has 0 aliphatic heterocycles. The van der Waals surface area contributed by atoms with Crippen molar-refractivity contribution in [1.82, 2.24) is 4.90 Å². The molecule has 0 aromatic heterocycles. The van der Waals surface area contributed by atoms with Crippen LogP contribution in [-0.4, -0.2) is 41.8 Å². The molecule has 0 saturated heterocycles. The lowest BCUT2D eigenvalue weighted by Gasteiger charge is -2.17. The number of ether oxygens (including phenoxy) is 1. The van der Waals surface area contributed by atoms with Gasteiger partial charge in [-0.3, -0.25) is 9.59 Å². The van der Waals surface area contributed by atoms with Crippen LogP contribution in [0, 0.1) is 0 Å².